The summed E-state index contributed by atoms with van der Waals surface area (Å²) >= 11 is 2.20. The van der Waals surface area contributed by atoms with Crippen molar-refractivity contribution in [3.05, 3.63) is 126 Å². The second-order valence-electron chi connectivity index (χ2n) is 9.50. The van der Waals surface area contributed by atoms with Gasteiger partial charge in [0.05, 0.1) is 0 Å². The summed E-state index contributed by atoms with van der Waals surface area (Å²) in [5.41, 5.74) is 7.79. The van der Waals surface area contributed by atoms with Crippen LogP contribution in [0.1, 0.15) is 56.7 Å². The zero-order chi connectivity index (χ0) is 27.7. The zero-order valence-electron chi connectivity index (χ0n) is 23.0. The highest BCUT2D eigenvalue weighted by atomic mass is 127. The van der Waals surface area contributed by atoms with Crippen molar-refractivity contribution in [3.8, 4) is 22.3 Å². The summed E-state index contributed by atoms with van der Waals surface area (Å²) in [4.78, 5) is -2.93. The van der Waals surface area contributed by atoms with Crippen LogP contribution in [0.25, 0.3) is 40.5 Å². The molecular formula is C36H36IOP. The molecule has 0 saturated heterocycles. The normalized spacial score (nSPS) is 13.4. The van der Waals surface area contributed by atoms with Gasteiger partial charge in [0.25, 0.3) is 0 Å². The molecule has 0 fully saturated rings. The molecule has 4 aromatic carbocycles. The van der Waals surface area contributed by atoms with E-state index in [0.29, 0.717) is 0 Å². The average Bonchev–Trinajstić information content (AvgIpc) is 2.98. The van der Waals surface area contributed by atoms with Gasteiger partial charge >= 0.3 is 0 Å². The lowest BCUT2D eigenvalue weighted by Gasteiger charge is -2.20. The first-order chi connectivity index (χ1) is 19.0. The van der Waals surface area contributed by atoms with Crippen molar-refractivity contribution in [1.29, 1.82) is 0 Å². The molecule has 0 aliphatic carbocycles. The van der Waals surface area contributed by atoms with Crippen molar-refractivity contribution in [2.75, 3.05) is 0 Å². The van der Waals surface area contributed by atoms with Crippen molar-refractivity contribution in [3.63, 3.8) is 0 Å². The van der Waals surface area contributed by atoms with Crippen molar-refractivity contribution in [1.82, 2.24) is 0 Å². The molecule has 0 radical (unpaired) electrons. The highest BCUT2D eigenvalue weighted by Crippen LogP contribution is 2.55. The largest absolute Gasteiger partial charge is 0.303 e. The summed E-state index contributed by atoms with van der Waals surface area (Å²) in [5, 5.41) is 1.74. The van der Waals surface area contributed by atoms with E-state index in [2.05, 4.69) is 146 Å². The predicted molar refractivity (Wildman–Crippen MR) is 183 cm³/mol. The topological polar surface area (TPSA) is 17.1 Å². The summed E-state index contributed by atoms with van der Waals surface area (Å²) in [5.74, 6) is 0. The Bertz CT molecular complexity index is 1510. The summed E-state index contributed by atoms with van der Waals surface area (Å²) in [7, 11) is 0. The molecular weight excluding hydrogens is 606 g/mol. The predicted octanol–water partition coefficient (Wildman–Crippen LogP) is 11.0. The van der Waals surface area contributed by atoms with Crippen LogP contribution >= 0.6 is 26.8 Å². The van der Waals surface area contributed by atoms with Gasteiger partial charge in [-0.15, -0.1) is 0 Å². The lowest BCUT2D eigenvalue weighted by atomic mass is 9.93. The van der Waals surface area contributed by atoms with Crippen LogP contribution in [-0.4, -0.2) is 0 Å². The maximum Gasteiger partial charge on any atom is 0.199 e. The fourth-order valence-corrected chi connectivity index (χ4v) is 8.33. The van der Waals surface area contributed by atoms with Crippen LogP contribution in [0.4, 0.5) is 0 Å². The molecule has 1 nitrogen and oxygen atoms in total. The van der Waals surface area contributed by atoms with E-state index in [1.165, 1.54) is 11.1 Å². The molecule has 0 amide bonds. The lowest BCUT2D eigenvalue weighted by molar-refractivity contribution is 0.597. The van der Waals surface area contributed by atoms with Gasteiger partial charge in [0.1, 0.15) is 0 Å². The van der Waals surface area contributed by atoms with Crippen LogP contribution in [0.5, 0.6) is 0 Å². The van der Waals surface area contributed by atoms with E-state index in [1.54, 1.807) is 0 Å². The van der Waals surface area contributed by atoms with E-state index < -0.39 is 4.78 Å². The van der Waals surface area contributed by atoms with Crippen LogP contribution in [0.15, 0.2) is 109 Å². The molecule has 0 spiro atoms. The Balaban J connectivity index is 1.87. The van der Waals surface area contributed by atoms with Crippen LogP contribution in [0.3, 0.4) is 0 Å². The van der Waals surface area contributed by atoms with Crippen molar-refractivity contribution in [2.24, 2.45) is 0 Å². The van der Waals surface area contributed by atoms with Gasteiger partial charge in [0.2, 0.25) is 0 Å². The molecule has 0 bridgehead atoms. The zero-order valence-corrected chi connectivity index (χ0v) is 26.0. The van der Waals surface area contributed by atoms with Crippen molar-refractivity contribution >= 4 is 55.7 Å². The third-order valence-corrected chi connectivity index (χ3v) is 11.8. The molecule has 39 heavy (non-hydrogen) atoms. The number of rotatable bonds is 10. The smallest absolute Gasteiger partial charge is 0.199 e. The monoisotopic (exact) mass is 642 g/mol. The first-order valence-corrected chi connectivity index (χ1v) is 18.2. The Morgan fingerprint density at radius 2 is 1.03 bits per heavy atom. The SMILES string of the molecule is CCC=Cc1ccc(-c2cccc(P(=O)(I)c3ccc(C=CCC)cc3)c2-c2ccc(C=CCC)cc2)cc1. The second kappa shape index (κ2) is 13.9. The third-order valence-electron chi connectivity index (χ3n) is 6.64. The molecule has 0 heterocycles. The Morgan fingerprint density at radius 1 is 0.590 bits per heavy atom. The first-order valence-electron chi connectivity index (χ1n) is 13.7. The van der Waals surface area contributed by atoms with Crippen LogP contribution < -0.4 is 10.6 Å². The third kappa shape index (κ3) is 7.18. The summed E-state index contributed by atoms with van der Waals surface area (Å²) < 4.78 is 14.6. The van der Waals surface area contributed by atoms with E-state index in [9.17, 15) is 4.57 Å². The summed E-state index contributed by atoms with van der Waals surface area (Å²) in [6, 6.07) is 31.7. The number of allylic oxidation sites excluding steroid dienone is 3. The van der Waals surface area contributed by atoms with Gasteiger partial charge in [-0.25, -0.2) is 0 Å². The second-order valence-corrected chi connectivity index (χ2v) is 15.6. The van der Waals surface area contributed by atoms with E-state index in [1.807, 2.05) is 24.3 Å². The van der Waals surface area contributed by atoms with E-state index in [4.69, 9.17) is 0 Å². The van der Waals surface area contributed by atoms with Gasteiger partial charge in [-0.3, -0.25) is 0 Å². The molecule has 1 atom stereocenters. The van der Waals surface area contributed by atoms with Crippen LogP contribution in [0.2, 0.25) is 0 Å². The maximum absolute atomic E-state index is 14.6. The number of halogens is 1. The minimum atomic E-state index is -2.93. The maximum atomic E-state index is 14.6. The Kier molecular flexibility index (Phi) is 10.4. The minimum Gasteiger partial charge on any atom is -0.303 e. The highest BCUT2D eigenvalue weighted by molar-refractivity contribution is 14.2. The molecule has 4 aromatic rings. The fraction of sp³-hybridized carbons (Fsp3) is 0.167. The van der Waals surface area contributed by atoms with Crippen molar-refractivity contribution < 1.29 is 4.57 Å². The number of benzene rings is 4. The van der Waals surface area contributed by atoms with E-state index >= 15 is 0 Å². The first kappa shape index (κ1) is 29.1. The molecule has 0 aromatic heterocycles. The minimum absolute atomic E-state index is 0.859. The van der Waals surface area contributed by atoms with Crippen molar-refractivity contribution in [2.45, 2.75) is 40.0 Å². The Labute approximate surface area is 247 Å². The van der Waals surface area contributed by atoms with E-state index in [0.717, 1.165) is 57.7 Å². The quantitative estimate of drug-likeness (QED) is 0.124. The van der Waals surface area contributed by atoms with Gasteiger partial charge in [0, 0.05) is 38.2 Å². The van der Waals surface area contributed by atoms with Gasteiger partial charge in [-0.2, -0.15) is 0 Å². The van der Waals surface area contributed by atoms with E-state index in [-0.39, 0.29) is 0 Å². The molecule has 0 N–H and O–H groups in total. The van der Waals surface area contributed by atoms with Gasteiger partial charge < -0.3 is 4.57 Å². The standard InChI is InChI=1S/C36H36IOP/c1-4-7-11-28-16-22-31(23-17-28)34-14-10-15-35(36(34)32-24-18-29(19-25-32)12-8-5-2)39(37,38)33-26-20-30(21-27-33)13-9-6-3/h7-27H,4-6H2,1-3H3. The summed E-state index contributed by atoms with van der Waals surface area (Å²) in [6.45, 7) is 6.41. The van der Waals surface area contributed by atoms with Crippen LogP contribution in [-0.2, 0) is 4.57 Å². The van der Waals surface area contributed by atoms with Crippen LogP contribution in [0, 0.1) is 0 Å². The lowest BCUT2D eigenvalue weighted by Crippen LogP contribution is -2.15. The molecule has 4 rings (SSSR count). The molecule has 0 aliphatic heterocycles. The molecule has 0 aliphatic rings. The van der Waals surface area contributed by atoms with Gasteiger partial charge in [-0.05, 0) is 70.8 Å². The number of hydrogen-bond acceptors (Lipinski definition) is 1. The summed E-state index contributed by atoms with van der Waals surface area (Å²) in [6.07, 6.45) is 15.9. The molecule has 1 unspecified atom stereocenters. The molecule has 0 saturated carbocycles. The Hall–Kier alpha value is -2.94. The Morgan fingerprint density at radius 3 is 1.49 bits per heavy atom. The number of hydrogen-bond donors (Lipinski definition) is 0. The fourth-order valence-electron chi connectivity index (χ4n) is 4.54. The molecule has 198 valence electrons. The van der Waals surface area contributed by atoms with Gasteiger partial charge in [0.15, 0.2) is 4.78 Å². The highest BCUT2D eigenvalue weighted by Gasteiger charge is 2.28. The molecule has 3 heteroatoms. The average molecular weight is 643 g/mol. The van der Waals surface area contributed by atoms with Gasteiger partial charge in [-0.1, -0.05) is 130 Å².